The Balaban J connectivity index is 1.35. The van der Waals surface area contributed by atoms with Crippen LogP contribution in [0.2, 0.25) is 0 Å². The lowest BCUT2D eigenvalue weighted by Gasteiger charge is -2.34. The minimum Gasteiger partial charge on any atom is -0.379 e. The maximum Gasteiger partial charge on any atom is 0.220 e. The predicted molar refractivity (Wildman–Crippen MR) is 101 cm³/mol. The summed E-state index contributed by atoms with van der Waals surface area (Å²) in [5.74, 6) is 0.207. The number of ether oxygens (including phenoxy) is 1. The molecule has 5 nitrogen and oxygen atoms in total. The number of benzene rings is 1. The van der Waals surface area contributed by atoms with E-state index >= 15 is 0 Å². The maximum absolute atomic E-state index is 12.3. The van der Waals surface area contributed by atoms with Crippen LogP contribution in [0.1, 0.15) is 32.6 Å². The summed E-state index contributed by atoms with van der Waals surface area (Å²) in [7, 11) is 0. The van der Waals surface area contributed by atoms with Crippen LogP contribution in [-0.4, -0.2) is 62.3 Å². The van der Waals surface area contributed by atoms with Gasteiger partial charge >= 0.3 is 0 Å². The Labute approximate surface area is 151 Å². The molecule has 2 saturated heterocycles. The van der Waals surface area contributed by atoms with E-state index in [-0.39, 0.29) is 5.91 Å². The SMILES string of the molecule is CC(CCC(=O)NC1CCN(c2ccccc2)CC1)N1CCOCC1. The van der Waals surface area contributed by atoms with Crippen molar-refractivity contribution in [2.45, 2.75) is 44.7 Å². The number of nitrogens with zero attached hydrogens (tertiary/aromatic N) is 2. The molecule has 0 aromatic heterocycles. The maximum atomic E-state index is 12.3. The Hall–Kier alpha value is -1.59. The molecule has 1 atom stereocenters. The highest BCUT2D eigenvalue weighted by Gasteiger charge is 2.22. The largest absolute Gasteiger partial charge is 0.379 e. The lowest BCUT2D eigenvalue weighted by molar-refractivity contribution is -0.122. The number of hydrogen-bond donors (Lipinski definition) is 1. The molecular formula is C20H31N3O2. The van der Waals surface area contributed by atoms with Crippen molar-refractivity contribution in [3.05, 3.63) is 30.3 Å². The number of nitrogens with one attached hydrogen (secondary N) is 1. The lowest BCUT2D eigenvalue weighted by Crippen LogP contribution is -2.45. The van der Waals surface area contributed by atoms with Gasteiger partial charge in [-0.05, 0) is 38.3 Å². The second-order valence-electron chi connectivity index (χ2n) is 7.20. The van der Waals surface area contributed by atoms with Crippen LogP contribution in [0.3, 0.4) is 0 Å². The number of carbonyl (C=O) groups is 1. The molecule has 1 N–H and O–H groups in total. The van der Waals surface area contributed by atoms with Crippen LogP contribution in [0.25, 0.3) is 0 Å². The van der Waals surface area contributed by atoms with Crippen molar-refractivity contribution in [1.29, 1.82) is 0 Å². The summed E-state index contributed by atoms with van der Waals surface area (Å²) in [6.45, 7) is 7.85. The van der Waals surface area contributed by atoms with E-state index in [1.54, 1.807) is 0 Å². The molecule has 0 aliphatic carbocycles. The number of para-hydroxylation sites is 1. The standard InChI is InChI=1S/C20H31N3O2/c1-17(22-13-15-25-16-14-22)7-8-20(24)21-18-9-11-23(12-10-18)19-5-3-2-4-6-19/h2-6,17-18H,7-16H2,1H3,(H,21,24). The van der Waals surface area contributed by atoms with E-state index in [2.05, 4.69) is 46.3 Å². The van der Waals surface area contributed by atoms with Crippen molar-refractivity contribution in [1.82, 2.24) is 10.2 Å². The predicted octanol–water partition coefficient (Wildman–Crippen LogP) is 2.27. The molecule has 1 amide bonds. The first-order chi connectivity index (χ1) is 12.2. The topological polar surface area (TPSA) is 44.8 Å². The van der Waals surface area contributed by atoms with Gasteiger partial charge in [-0.15, -0.1) is 0 Å². The van der Waals surface area contributed by atoms with Gasteiger partial charge in [0.2, 0.25) is 5.91 Å². The number of hydrogen-bond acceptors (Lipinski definition) is 4. The first-order valence-electron chi connectivity index (χ1n) is 9.63. The highest BCUT2D eigenvalue weighted by atomic mass is 16.5. The van der Waals surface area contributed by atoms with E-state index in [1.165, 1.54) is 5.69 Å². The number of anilines is 1. The van der Waals surface area contributed by atoms with E-state index in [0.29, 0.717) is 18.5 Å². The number of morpholine rings is 1. The van der Waals surface area contributed by atoms with E-state index in [1.807, 2.05) is 6.07 Å². The molecule has 0 bridgehead atoms. The summed E-state index contributed by atoms with van der Waals surface area (Å²) >= 11 is 0. The van der Waals surface area contributed by atoms with Gasteiger partial charge in [-0.2, -0.15) is 0 Å². The molecule has 0 radical (unpaired) electrons. The van der Waals surface area contributed by atoms with Gasteiger partial charge in [-0.1, -0.05) is 18.2 Å². The van der Waals surface area contributed by atoms with Gasteiger partial charge < -0.3 is 15.0 Å². The monoisotopic (exact) mass is 345 g/mol. The van der Waals surface area contributed by atoms with Crippen LogP contribution in [0, 0.1) is 0 Å². The van der Waals surface area contributed by atoms with Gasteiger partial charge in [0.1, 0.15) is 0 Å². The first-order valence-corrected chi connectivity index (χ1v) is 9.63. The normalized spacial score (nSPS) is 21.1. The molecule has 3 rings (SSSR count). The van der Waals surface area contributed by atoms with Crippen LogP contribution >= 0.6 is 0 Å². The van der Waals surface area contributed by atoms with Gasteiger partial charge in [0.05, 0.1) is 13.2 Å². The summed E-state index contributed by atoms with van der Waals surface area (Å²) < 4.78 is 5.39. The molecule has 2 heterocycles. The number of carbonyl (C=O) groups excluding carboxylic acids is 1. The van der Waals surface area contributed by atoms with Crippen LogP contribution in [0.15, 0.2) is 30.3 Å². The summed E-state index contributed by atoms with van der Waals surface area (Å²) in [6, 6.07) is 11.3. The Morgan fingerprint density at radius 3 is 2.52 bits per heavy atom. The van der Waals surface area contributed by atoms with Crippen molar-refractivity contribution in [2.75, 3.05) is 44.3 Å². The van der Waals surface area contributed by atoms with E-state index in [4.69, 9.17) is 4.74 Å². The minimum absolute atomic E-state index is 0.207. The smallest absolute Gasteiger partial charge is 0.220 e. The summed E-state index contributed by atoms with van der Waals surface area (Å²) in [4.78, 5) is 17.1. The van der Waals surface area contributed by atoms with Gasteiger partial charge in [-0.25, -0.2) is 0 Å². The van der Waals surface area contributed by atoms with Crippen LogP contribution in [0.5, 0.6) is 0 Å². The molecular weight excluding hydrogens is 314 g/mol. The molecule has 1 unspecified atom stereocenters. The second kappa shape index (κ2) is 9.20. The van der Waals surface area contributed by atoms with Gasteiger partial charge in [0, 0.05) is 50.4 Å². The molecule has 138 valence electrons. The van der Waals surface area contributed by atoms with Crippen molar-refractivity contribution >= 4 is 11.6 Å². The molecule has 5 heteroatoms. The van der Waals surface area contributed by atoms with Crippen LogP contribution in [0.4, 0.5) is 5.69 Å². The molecule has 1 aromatic rings. The Kier molecular flexibility index (Phi) is 6.70. The molecule has 1 aromatic carbocycles. The number of rotatable bonds is 6. The average molecular weight is 345 g/mol. The fraction of sp³-hybridized carbons (Fsp3) is 0.650. The molecule has 25 heavy (non-hydrogen) atoms. The van der Waals surface area contributed by atoms with Gasteiger partial charge in [0.25, 0.3) is 0 Å². The highest BCUT2D eigenvalue weighted by molar-refractivity contribution is 5.76. The summed E-state index contributed by atoms with van der Waals surface area (Å²) in [5.41, 5.74) is 1.28. The number of amides is 1. The van der Waals surface area contributed by atoms with Gasteiger partial charge in [-0.3, -0.25) is 9.69 Å². The van der Waals surface area contributed by atoms with Crippen molar-refractivity contribution < 1.29 is 9.53 Å². The zero-order valence-corrected chi connectivity index (χ0v) is 15.3. The van der Waals surface area contributed by atoms with E-state index < -0.39 is 0 Å². The third-order valence-electron chi connectivity index (χ3n) is 5.44. The lowest BCUT2D eigenvalue weighted by atomic mass is 10.0. The van der Waals surface area contributed by atoms with Gasteiger partial charge in [0.15, 0.2) is 0 Å². The minimum atomic E-state index is 0.207. The summed E-state index contributed by atoms with van der Waals surface area (Å²) in [6.07, 6.45) is 3.60. The third kappa shape index (κ3) is 5.44. The summed E-state index contributed by atoms with van der Waals surface area (Å²) in [5, 5.41) is 3.24. The zero-order valence-electron chi connectivity index (χ0n) is 15.3. The van der Waals surface area contributed by atoms with Crippen LogP contribution in [-0.2, 0) is 9.53 Å². The second-order valence-corrected chi connectivity index (χ2v) is 7.20. The Bertz CT molecular complexity index is 523. The molecule has 2 aliphatic rings. The van der Waals surface area contributed by atoms with Crippen molar-refractivity contribution in [3.63, 3.8) is 0 Å². The Morgan fingerprint density at radius 2 is 1.84 bits per heavy atom. The number of piperidine rings is 1. The Morgan fingerprint density at radius 1 is 1.16 bits per heavy atom. The first kappa shape index (κ1) is 18.2. The zero-order chi connectivity index (χ0) is 17.5. The molecule has 2 aliphatic heterocycles. The van der Waals surface area contributed by atoms with Crippen LogP contribution < -0.4 is 10.2 Å². The molecule has 0 spiro atoms. The van der Waals surface area contributed by atoms with Crippen molar-refractivity contribution in [2.24, 2.45) is 0 Å². The average Bonchev–Trinajstić information content (AvgIpc) is 2.68. The molecule has 0 saturated carbocycles. The highest BCUT2D eigenvalue weighted by Crippen LogP contribution is 2.19. The molecule has 2 fully saturated rings. The van der Waals surface area contributed by atoms with E-state index in [9.17, 15) is 4.79 Å². The third-order valence-corrected chi connectivity index (χ3v) is 5.44. The quantitative estimate of drug-likeness (QED) is 0.859. The fourth-order valence-corrected chi connectivity index (χ4v) is 3.76. The fourth-order valence-electron chi connectivity index (χ4n) is 3.76. The van der Waals surface area contributed by atoms with E-state index in [0.717, 1.165) is 58.7 Å². The van der Waals surface area contributed by atoms with Crippen molar-refractivity contribution in [3.8, 4) is 0 Å².